The highest BCUT2D eigenvalue weighted by atomic mass is 16.5. The summed E-state index contributed by atoms with van der Waals surface area (Å²) in [6, 6.07) is 5.38. The minimum absolute atomic E-state index is 0.0655. The first-order valence-electron chi connectivity index (χ1n) is 4.69. The molecule has 0 aliphatic carbocycles. The Morgan fingerprint density at radius 3 is 2.73 bits per heavy atom. The highest BCUT2D eigenvalue weighted by Crippen LogP contribution is 2.19. The van der Waals surface area contributed by atoms with Gasteiger partial charge in [-0.25, -0.2) is 0 Å². The Kier molecular flexibility index (Phi) is 4.69. The Morgan fingerprint density at radius 2 is 2.13 bits per heavy atom. The molecular weight excluding hydrogens is 192 g/mol. The van der Waals surface area contributed by atoms with Crippen LogP contribution >= 0.6 is 0 Å². The van der Waals surface area contributed by atoms with Crippen LogP contribution in [0.15, 0.2) is 18.2 Å². The largest absolute Gasteiger partial charge is 0.496 e. The summed E-state index contributed by atoms with van der Waals surface area (Å²) in [5, 5.41) is 17.6. The van der Waals surface area contributed by atoms with Crippen LogP contribution in [0.2, 0.25) is 0 Å². The van der Waals surface area contributed by atoms with Crippen molar-refractivity contribution < 1.29 is 14.9 Å². The lowest BCUT2D eigenvalue weighted by Gasteiger charge is -2.05. The highest BCUT2D eigenvalue weighted by Gasteiger charge is 2.01. The van der Waals surface area contributed by atoms with Gasteiger partial charge in [0.2, 0.25) is 0 Å². The molecule has 0 atom stereocenters. The molecule has 0 unspecified atom stereocenters. The minimum Gasteiger partial charge on any atom is -0.496 e. The number of aliphatic hydroxyl groups excluding tert-OH is 2. The van der Waals surface area contributed by atoms with Crippen LogP contribution in [0, 0.1) is 11.8 Å². The zero-order valence-electron chi connectivity index (χ0n) is 8.66. The summed E-state index contributed by atoms with van der Waals surface area (Å²) >= 11 is 0. The maximum Gasteiger partial charge on any atom is 0.124 e. The second kappa shape index (κ2) is 6.07. The van der Waals surface area contributed by atoms with Gasteiger partial charge >= 0.3 is 0 Å². The monoisotopic (exact) mass is 206 g/mol. The second-order valence-corrected chi connectivity index (χ2v) is 2.96. The van der Waals surface area contributed by atoms with E-state index in [4.69, 9.17) is 14.9 Å². The van der Waals surface area contributed by atoms with Gasteiger partial charge in [0.15, 0.2) is 0 Å². The summed E-state index contributed by atoms with van der Waals surface area (Å²) in [6.07, 6.45) is 0.459. The lowest BCUT2D eigenvalue weighted by molar-refractivity contribution is 0.273. The van der Waals surface area contributed by atoms with Gasteiger partial charge in [0, 0.05) is 17.5 Å². The predicted molar refractivity (Wildman–Crippen MR) is 57.5 cm³/mol. The van der Waals surface area contributed by atoms with E-state index >= 15 is 0 Å². The molecule has 0 spiro atoms. The van der Waals surface area contributed by atoms with Crippen molar-refractivity contribution in [3.63, 3.8) is 0 Å². The van der Waals surface area contributed by atoms with E-state index in [1.54, 1.807) is 19.2 Å². The second-order valence-electron chi connectivity index (χ2n) is 2.96. The Bertz CT molecular complexity index is 374. The average Bonchev–Trinajstić information content (AvgIpc) is 2.29. The number of benzene rings is 1. The number of rotatable bonds is 3. The zero-order valence-corrected chi connectivity index (χ0v) is 8.66. The van der Waals surface area contributed by atoms with E-state index in [0.717, 1.165) is 5.56 Å². The van der Waals surface area contributed by atoms with Crippen LogP contribution in [-0.2, 0) is 6.61 Å². The smallest absolute Gasteiger partial charge is 0.124 e. The number of aliphatic hydroxyl groups is 2. The number of ether oxygens (including phenoxy) is 1. The molecule has 0 aliphatic heterocycles. The third-order valence-electron chi connectivity index (χ3n) is 1.92. The fraction of sp³-hybridized carbons (Fsp3) is 0.333. The highest BCUT2D eigenvalue weighted by molar-refractivity contribution is 5.43. The first kappa shape index (κ1) is 11.6. The zero-order chi connectivity index (χ0) is 11.1. The van der Waals surface area contributed by atoms with Crippen LogP contribution in [0.5, 0.6) is 5.75 Å². The topological polar surface area (TPSA) is 49.7 Å². The molecule has 3 nitrogen and oxygen atoms in total. The third-order valence-corrected chi connectivity index (χ3v) is 1.92. The Balaban J connectivity index is 2.89. The fourth-order valence-corrected chi connectivity index (χ4v) is 1.20. The number of hydrogen-bond donors (Lipinski definition) is 2. The number of hydrogen-bond acceptors (Lipinski definition) is 3. The van der Waals surface area contributed by atoms with Crippen LogP contribution in [0.4, 0.5) is 0 Å². The molecule has 1 rings (SSSR count). The maximum absolute atomic E-state index is 9.08. The first-order chi connectivity index (χ1) is 7.31. The van der Waals surface area contributed by atoms with Crippen molar-refractivity contribution in [3.8, 4) is 17.6 Å². The van der Waals surface area contributed by atoms with E-state index in [9.17, 15) is 0 Å². The van der Waals surface area contributed by atoms with Crippen molar-refractivity contribution >= 4 is 0 Å². The van der Waals surface area contributed by atoms with Crippen LogP contribution < -0.4 is 4.74 Å². The van der Waals surface area contributed by atoms with E-state index in [1.807, 2.05) is 6.07 Å². The Morgan fingerprint density at radius 1 is 1.33 bits per heavy atom. The molecule has 0 aliphatic rings. The van der Waals surface area contributed by atoms with Crippen molar-refractivity contribution in [2.75, 3.05) is 13.7 Å². The van der Waals surface area contributed by atoms with Gasteiger partial charge in [0.25, 0.3) is 0 Å². The molecule has 0 saturated heterocycles. The molecule has 0 amide bonds. The van der Waals surface area contributed by atoms with Gasteiger partial charge in [-0.05, 0) is 18.2 Å². The van der Waals surface area contributed by atoms with E-state index in [1.165, 1.54) is 0 Å². The van der Waals surface area contributed by atoms with Crippen molar-refractivity contribution in [3.05, 3.63) is 29.3 Å². The molecule has 0 heterocycles. The summed E-state index contributed by atoms with van der Waals surface area (Å²) in [7, 11) is 1.56. The average molecular weight is 206 g/mol. The van der Waals surface area contributed by atoms with Gasteiger partial charge in [-0.2, -0.15) is 0 Å². The van der Waals surface area contributed by atoms with Crippen molar-refractivity contribution in [1.82, 2.24) is 0 Å². The van der Waals surface area contributed by atoms with Gasteiger partial charge in [0.05, 0.1) is 20.3 Å². The van der Waals surface area contributed by atoms with E-state index in [-0.39, 0.29) is 13.2 Å². The maximum atomic E-state index is 9.08. The van der Waals surface area contributed by atoms with Gasteiger partial charge in [-0.3, -0.25) is 0 Å². The molecule has 2 N–H and O–H groups in total. The molecule has 0 bridgehead atoms. The molecular formula is C12H14O3. The molecule has 0 aromatic heterocycles. The van der Waals surface area contributed by atoms with Crippen molar-refractivity contribution in [1.29, 1.82) is 0 Å². The van der Waals surface area contributed by atoms with Crippen LogP contribution in [0.3, 0.4) is 0 Å². The summed E-state index contributed by atoms with van der Waals surface area (Å²) < 4.78 is 5.07. The van der Waals surface area contributed by atoms with E-state index < -0.39 is 0 Å². The van der Waals surface area contributed by atoms with Gasteiger partial charge in [-0.1, -0.05) is 11.8 Å². The molecule has 1 aromatic rings. The standard InChI is InChI=1S/C12H14O3/c1-15-12-6-5-10(4-2-3-7-13)8-11(12)9-14/h5-6,8,13-14H,3,7,9H2,1H3. The molecule has 80 valence electrons. The molecule has 0 fully saturated rings. The summed E-state index contributed by atoms with van der Waals surface area (Å²) in [4.78, 5) is 0. The Hall–Kier alpha value is -1.50. The van der Waals surface area contributed by atoms with Crippen LogP contribution in [0.25, 0.3) is 0 Å². The van der Waals surface area contributed by atoms with Crippen molar-refractivity contribution in [2.45, 2.75) is 13.0 Å². The SMILES string of the molecule is COc1ccc(C#CCCO)cc1CO. The Labute approximate surface area is 89.3 Å². The van der Waals surface area contributed by atoms with Gasteiger partial charge in [-0.15, -0.1) is 0 Å². The lowest BCUT2D eigenvalue weighted by Crippen LogP contribution is -1.92. The quantitative estimate of drug-likeness (QED) is 0.723. The normalized spacial score (nSPS) is 9.27. The summed E-state index contributed by atoms with van der Waals surface area (Å²) in [6.45, 7) is -0.00525. The molecule has 0 saturated carbocycles. The molecule has 3 heteroatoms. The number of methoxy groups -OCH3 is 1. The van der Waals surface area contributed by atoms with E-state index in [0.29, 0.717) is 17.7 Å². The first-order valence-corrected chi connectivity index (χ1v) is 4.69. The van der Waals surface area contributed by atoms with Crippen molar-refractivity contribution in [2.24, 2.45) is 0 Å². The lowest BCUT2D eigenvalue weighted by atomic mass is 10.1. The molecule has 0 radical (unpaired) electrons. The van der Waals surface area contributed by atoms with E-state index in [2.05, 4.69) is 11.8 Å². The summed E-state index contributed by atoms with van der Waals surface area (Å²) in [5.41, 5.74) is 1.53. The predicted octanol–water partition coefficient (Wildman–Crippen LogP) is 0.921. The van der Waals surface area contributed by atoms with Gasteiger partial charge < -0.3 is 14.9 Å². The molecule has 15 heavy (non-hydrogen) atoms. The molecule has 1 aromatic carbocycles. The fourth-order valence-electron chi connectivity index (χ4n) is 1.20. The van der Waals surface area contributed by atoms with Crippen LogP contribution in [0.1, 0.15) is 17.5 Å². The summed E-state index contributed by atoms with van der Waals surface area (Å²) in [5.74, 6) is 6.37. The van der Waals surface area contributed by atoms with Gasteiger partial charge in [0.1, 0.15) is 5.75 Å². The minimum atomic E-state index is -0.0707. The van der Waals surface area contributed by atoms with Crippen LogP contribution in [-0.4, -0.2) is 23.9 Å². The third kappa shape index (κ3) is 3.28.